The molecule has 0 radical (unpaired) electrons. The molecule has 58 valence electrons. The van der Waals surface area contributed by atoms with E-state index in [2.05, 4.69) is 32.6 Å². The summed E-state index contributed by atoms with van der Waals surface area (Å²) >= 11 is 0. The summed E-state index contributed by atoms with van der Waals surface area (Å²) in [6, 6.07) is 0. The molecule has 0 saturated carbocycles. The minimum atomic E-state index is 0.767. The second kappa shape index (κ2) is 6.60. The van der Waals surface area contributed by atoms with Gasteiger partial charge in [0.2, 0.25) is 0 Å². The Morgan fingerprint density at radius 2 is 2.20 bits per heavy atom. The number of hydrogen-bond acceptors (Lipinski definition) is 0. The van der Waals surface area contributed by atoms with Gasteiger partial charge in [-0.3, -0.25) is 0 Å². The van der Waals surface area contributed by atoms with Crippen LogP contribution in [0.4, 0.5) is 0 Å². The average molecular weight is 138 g/mol. The van der Waals surface area contributed by atoms with Gasteiger partial charge in [0.05, 0.1) is 0 Å². The van der Waals surface area contributed by atoms with Gasteiger partial charge in [0.1, 0.15) is 0 Å². The molecule has 0 bridgehead atoms. The molecule has 0 aliphatic heterocycles. The van der Waals surface area contributed by atoms with Crippen LogP contribution in [0.1, 0.15) is 33.1 Å². The maximum atomic E-state index is 3.70. The fourth-order valence-electron chi connectivity index (χ4n) is 1.04. The Kier molecular flexibility index (Phi) is 6.25. The zero-order valence-corrected chi connectivity index (χ0v) is 7.14. The fourth-order valence-corrected chi connectivity index (χ4v) is 1.04. The topological polar surface area (TPSA) is 0 Å². The van der Waals surface area contributed by atoms with Gasteiger partial charge in [-0.25, -0.2) is 0 Å². The molecule has 10 heavy (non-hydrogen) atoms. The lowest BCUT2D eigenvalue weighted by molar-refractivity contribution is 0.579. The molecule has 0 aromatic rings. The lowest BCUT2D eigenvalue weighted by Gasteiger charge is -2.06. The minimum absolute atomic E-state index is 0.767. The van der Waals surface area contributed by atoms with Crippen molar-refractivity contribution in [2.75, 3.05) is 0 Å². The summed E-state index contributed by atoms with van der Waals surface area (Å²) in [6.45, 7) is 8.01. The van der Waals surface area contributed by atoms with Crippen LogP contribution in [-0.2, 0) is 0 Å². The SMILES string of the molecule is C=CCCC(/C=C/C)CC. The van der Waals surface area contributed by atoms with Gasteiger partial charge >= 0.3 is 0 Å². The van der Waals surface area contributed by atoms with E-state index in [9.17, 15) is 0 Å². The highest BCUT2D eigenvalue weighted by molar-refractivity contribution is 4.86. The van der Waals surface area contributed by atoms with Gasteiger partial charge in [0.15, 0.2) is 0 Å². The molecular weight excluding hydrogens is 120 g/mol. The molecule has 0 fully saturated rings. The Balaban J connectivity index is 3.49. The van der Waals surface area contributed by atoms with Crippen molar-refractivity contribution >= 4 is 0 Å². The lowest BCUT2D eigenvalue weighted by Crippen LogP contribution is -1.92. The Hall–Kier alpha value is -0.520. The van der Waals surface area contributed by atoms with Crippen molar-refractivity contribution in [1.29, 1.82) is 0 Å². The smallest absolute Gasteiger partial charge is 0.0233 e. The highest BCUT2D eigenvalue weighted by Crippen LogP contribution is 2.12. The largest absolute Gasteiger partial charge is 0.103 e. The molecule has 1 atom stereocenters. The first-order valence-electron chi connectivity index (χ1n) is 4.08. The van der Waals surface area contributed by atoms with Crippen LogP contribution in [-0.4, -0.2) is 0 Å². The molecule has 0 aromatic carbocycles. The molecule has 0 heteroatoms. The van der Waals surface area contributed by atoms with Crippen LogP contribution in [0.3, 0.4) is 0 Å². The van der Waals surface area contributed by atoms with Crippen molar-refractivity contribution in [3.63, 3.8) is 0 Å². The van der Waals surface area contributed by atoms with Gasteiger partial charge in [-0.2, -0.15) is 0 Å². The van der Waals surface area contributed by atoms with Crippen LogP contribution in [0.25, 0.3) is 0 Å². The first kappa shape index (κ1) is 9.48. The minimum Gasteiger partial charge on any atom is -0.103 e. The standard InChI is InChI=1S/C10H18/c1-4-7-9-10(6-3)8-5-2/h4-5,8,10H,1,6-7,9H2,2-3H3/b8-5+. The monoisotopic (exact) mass is 138 g/mol. The summed E-state index contributed by atoms with van der Waals surface area (Å²) in [7, 11) is 0. The molecule has 1 unspecified atom stereocenters. The summed E-state index contributed by atoms with van der Waals surface area (Å²) in [5, 5.41) is 0. The van der Waals surface area contributed by atoms with E-state index in [0.29, 0.717) is 0 Å². The van der Waals surface area contributed by atoms with Crippen LogP contribution in [0.15, 0.2) is 24.8 Å². The average Bonchev–Trinajstić information content (AvgIpc) is 1.98. The Morgan fingerprint density at radius 3 is 2.60 bits per heavy atom. The second-order valence-corrected chi connectivity index (χ2v) is 2.56. The molecule has 0 aliphatic rings. The second-order valence-electron chi connectivity index (χ2n) is 2.56. The van der Waals surface area contributed by atoms with E-state index in [1.165, 1.54) is 12.8 Å². The Morgan fingerprint density at radius 1 is 1.50 bits per heavy atom. The van der Waals surface area contributed by atoms with Crippen molar-refractivity contribution in [3.8, 4) is 0 Å². The van der Waals surface area contributed by atoms with E-state index in [1.807, 2.05) is 6.08 Å². The van der Waals surface area contributed by atoms with Crippen molar-refractivity contribution in [2.24, 2.45) is 5.92 Å². The summed E-state index contributed by atoms with van der Waals surface area (Å²) in [5.74, 6) is 0.767. The number of hydrogen-bond donors (Lipinski definition) is 0. The third-order valence-electron chi connectivity index (χ3n) is 1.73. The van der Waals surface area contributed by atoms with E-state index in [0.717, 1.165) is 12.3 Å². The van der Waals surface area contributed by atoms with Crippen molar-refractivity contribution in [1.82, 2.24) is 0 Å². The summed E-state index contributed by atoms with van der Waals surface area (Å²) < 4.78 is 0. The normalized spacial score (nSPS) is 13.8. The predicted molar refractivity (Wildman–Crippen MR) is 48.0 cm³/mol. The van der Waals surface area contributed by atoms with Gasteiger partial charge in [0.25, 0.3) is 0 Å². The van der Waals surface area contributed by atoms with Crippen LogP contribution < -0.4 is 0 Å². The third kappa shape index (κ3) is 4.37. The van der Waals surface area contributed by atoms with Gasteiger partial charge < -0.3 is 0 Å². The maximum Gasteiger partial charge on any atom is -0.0233 e. The zero-order chi connectivity index (χ0) is 7.82. The first-order valence-corrected chi connectivity index (χ1v) is 4.08. The molecule has 0 nitrogen and oxygen atoms in total. The van der Waals surface area contributed by atoms with Gasteiger partial charge in [-0.15, -0.1) is 6.58 Å². The molecule has 0 aliphatic carbocycles. The van der Waals surface area contributed by atoms with Crippen LogP contribution >= 0.6 is 0 Å². The van der Waals surface area contributed by atoms with Crippen molar-refractivity contribution in [3.05, 3.63) is 24.8 Å². The fraction of sp³-hybridized carbons (Fsp3) is 0.600. The first-order chi connectivity index (χ1) is 4.85. The summed E-state index contributed by atoms with van der Waals surface area (Å²) in [6.07, 6.45) is 10.1. The van der Waals surface area contributed by atoms with Crippen molar-refractivity contribution in [2.45, 2.75) is 33.1 Å². The summed E-state index contributed by atoms with van der Waals surface area (Å²) in [5.41, 5.74) is 0. The van der Waals surface area contributed by atoms with E-state index < -0.39 is 0 Å². The molecule has 0 amide bonds. The van der Waals surface area contributed by atoms with E-state index in [-0.39, 0.29) is 0 Å². The molecule has 0 spiro atoms. The van der Waals surface area contributed by atoms with Gasteiger partial charge in [0, 0.05) is 0 Å². The molecule has 0 heterocycles. The van der Waals surface area contributed by atoms with E-state index in [1.54, 1.807) is 0 Å². The zero-order valence-electron chi connectivity index (χ0n) is 7.14. The van der Waals surface area contributed by atoms with Crippen LogP contribution in [0.2, 0.25) is 0 Å². The predicted octanol–water partition coefficient (Wildman–Crippen LogP) is 3.55. The quantitative estimate of drug-likeness (QED) is 0.510. The maximum absolute atomic E-state index is 3.70. The highest BCUT2D eigenvalue weighted by atomic mass is 14.0. The summed E-state index contributed by atoms with van der Waals surface area (Å²) in [4.78, 5) is 0. The molecule has 0 saturated heterocycles. The Labute approximate surface area is 64.6 Å². The Bertz CT molecular complexity index is 101. The van der Waals surface area contributed by atoms with Gasteiger partial charge in [-0.1, -0.05) is 25.2 Å². The van der Waals surface area contributed by atoms with E-state index >= 15 is 0 Å². The lowest BCUT2D eigenvalue weighted by atomic mass is 10.00. The van der Waals surface area contributed by atoms with Crippen LogP contribution in [0, 0.1) is 5.92 Å². The molecule has 0 aromatic heterocycles. The van der Waals surface area contributed by atoms with E-state index in [4.69, 9.17) is 0 Å². The molecular formula is C10H18. The van der Waals surface area contributed by atoms with Crippen molar-refractivity contribution < 1.29 is 0 Å². The number of rotatable bonds is 5. The van der Waals surface area contributed by atoms with Crippen LogP contribution in [0.5, 0.6) is 0 Å². The van der Waals surface area contributed by atoms with Gasteiger partial charge in [-0.05, 0) is 32.1 Å². The highest BCUT2D eigenvalue weighted by Gasteiger charge is 1.97. The third-order valence-corrected chi connectivity index (χ3v) is 1.73. The number of allylic oxidation sites excluding steroid dienone is 3. The molecule has 0 N–H and O–H groups in total. The molecule has 0 rings (SSSR count).